The minimum Gasteiger partial charge on any atom is -0.492 e. The molecule has 0 unspecified atom stereocenters. The van der Waals surface area contributed by atoms with Gasteiger partial charge >= 0.3 is 0 Å². The minimum absolute atomic E-state index is 0.141. The molecule has 3 rings (SSSR count). The lowest BCUT2D eigenvalue weighted by atomic mass is 10.2. The first-order valence-electron chi connectivity index (χ1n) is 10.5. The van der Waals surface area contributed by atoms with Crippen molar-refractivity contribution in [1.82, 2.24) is 15.1 Å². The summed E-state index contributed by atoms with van der Waals surface area (Å²) in [6.45, 7) is 9.96. The molecule has 2 aliphatic heterocycles. The van der Waals surface area contributed by atoms with Gasteiger partial charge in [0.1, 0.15) is 12.4 Å². The van der Waals surface area contributed by atoms with Crippen LogP contribution in [0.3, 0.4) is 0 Å². The van der Waals surface area contributed by atoms with Crippen LogP contribution in [-0.4, -0.2) is 94.3 Å². The molecule has 2 aliphatic rings. The van der Waals surface area contributed by atoms with Crippen LogP contribution in [0.15, 0.2) is 29.3 Å². The highest BCUT2D eigenvalue weighted by Gasteiger charge is 2.40. The van der Waals surface area contributed by atoms with Gasteiger partial charge in [0.15, 0.2) is 15.8 Å². The van der Waals surface area contributed by atoms with Gasteiger partial charge in [0.25, 0.3) is 0 Å². The molecule has 168 valence electrons. The molecule has 0 aliphatic carbocycles. The molecule has 0 radical (unpaired) electrons. The Kier molecular flexibility index (Phi) is 7.60. The molecule has 9 heteroatoms. The van der Waals surface area contributed by atoms with Crippen LogP contribution in [0.2, 0.25) is 0 Å². The van der Waals surface area contributed by atoms with E-state index in [1.54, 1.807) is 20.9 Å². The van der Waals surface area contributed by atoms with E-state index in [4.69, 9.17) is 9.47 Å². The van der Waals surface area contributed by atoms with Gasteiger partial charge in [-0.1, -0.05) is 18.2 Å². The third-order valence-electron chi connectivity index (χ3n) is 5.73. The van der Waals surface area contributed by atoms with Gasteiger partial charge in [-0.05, 0) is 19.9 Å². The molecule has 0 saturated carbocycles. The number of ether oxygens (including phenoxy) is 2. The zero-order valence-electron chi connectivity index (χ0n) is 18.3. The number of hydrogen-bond donors (Lipinski definition) is 1. The van der Waals surface area contributed by atoms with Gasteiger partial charge in [0.05, 0.1) is 23.7 Å². The standard InChI is InChI=1S/C21H34N4O4S/c1-21(2)17-25(11-15-30(21,26)27)20(22-3)23-16-18-6-4-5-7-19(18)29-14-10-24-8-12-28-13-9-24/h4-7H,8-17H2,1-3H3,(H,22,23). The molecule has 0 spiro atoms. The molecule has 2 heterocycles. The number of benzene rings is 1. The maximum atomic E-state index is 12.3. The van der Waals surface area contributed by atoms with Crippen molar-refractivity contribution in [3.05, 3.63) is 29.8 Å². The average molecular weight is 439 g/mol. The smallest absolute Gasteiger partial charge is 0.193 e. The predicted octanol–water partition coefficient (Wildman–Crippen LogP) is 0.982. The van der Waals surface area contributed by atoms with Gasteiger partial charge in [0, 0.05) is 51.9 Å². The lowest BCUT2D eigenvalue weighted by molar-refractivity contribution is 0.0322. The maximum Gasteiger partial charge on any atom is 0.193 e. The number of nitrogens with one attached hydrogen (secondary N) is 1. The van der Waals surface area contributed by atoms with Gasteiger partial charge in [0.2, 0.25) is 0 Å². The molecule has 0 bridgehead atoms. The fourth-order valence-corrected chi connectivity index (χ4v) is 5.10. The molecule has 1 aromatic carbocycles. The highest BCUT2D eigenvalue weighted by molar-refractivity contribution is 7.92. The number of sulfone groups is 1. The van der Waals surface area contributed by atoms with Crippen LogP contribution in [-0.2, 0) is 21.1 Å². The Morgan fingerprint density at radius 1 is 1.23 bits per heavy atom. The Hall–Kier alpha value is -1.84. The monoisotopic (exact) mass is 438 g/mol. The first-order chi connectivity index (χ1) is 14.3. The van der Waals surface area contributed by atoms with E-state index in [-0.39, 0.29) is 5.75 Å². The highest BCUT2D eigenvalue weighted by Crippen LogP contribution is 2.24. The van der Waals surface area contributed by atoms with E-state index in [0.29, 0.717) is 32.2 Å². The van der Waals surface area contributed by atoms with E-state index in [9.17, 15) is 8.42 Å². The molecular formula is C21H34N4O4S. The molecule has 8 nitrogen and oxygen atoms in total. The SMILES string of the molecule is CN=C(NCc1ccccc1OCCN1CCOCC1)N1CCS(=O)(=O)C(C)(C)C1. The summed E-state index contributed by atoms with van der Waals surface area (Å²) in [6.07, 6.45) is 0. The topological polar surface area (TPSA) is 83.5 Å². The van der Waals surface area contributed by atoms with Crippen LogP contribution in [0, 0.1) is 0 Å². The van der Waals surface area contributed by atoms with Crippen molar-refractivity contribution < 1.29 is 17.9 Å². The Balaban J connectivity index is 1.55. The van der Waals surface area contributed by atoms with Crippen molar-refractivity contribution in [3.8, 4) is 5.75 Å². The maximum absolute atomic E-state index is 12.3. The second kappa shape index (κ2) is 9.98. The summed E-state index contributed by atoms with van der Waals surface area (Å²) < 4.78 is 35.2. The predicted molar refractivity (Wildman–Crippen MR) is 119 cm³/mol. The van der Waals surface area contributed by atoms with Gasteiger partial charge in [-0.25, -0.2) is 8.42 Å². The first kappa shape index (κ1) is 22.8. The van der Waals surface area contributed by atoms with E-state index in [0.717, 1.165) is 44.2 Å². The summed E-state index contributed by atoms with van der Waals surface area (Å²) in [7, 11) is -1.36. The summed E-state index contributed by atoms with van der Waals surface area (Å²) in [5.41, 5.74) is 1.05. The van der Waals surface area contributed by atoms with Crippen molar-refractivity contribution >= 4 is 15.8 Å². The lowest BCUT2D eigenvalue weighted by Crippen LogP contribution is -2.57. The van der Waals surface area contributed by atoms with Crippen molar-refractivity contribution in [3.63, 3.8) is 0 Å². The van der Waals surface area contributed by atoms with Crippen LogP contribution in [0.4, 0.5) is 0 Å². The second-order valence-corrected chi connectivity index (χ2v) is 11.1. The number of morpholine rings is 1. The summed E-state index contributed by atoms with van der Waals surface area (Å²) in [5.74, 6) is 1.71. The highest BCUT2D eigenvalue weighted by atomic mass is 32.2. The molecule has 1 aromatic rings. The van der Waals surface area contributed by atoms with Gasteiger partial charge in [-0.15, -0.1) is 0 Å². The Morgan fingerprint density at radius 3 is 2.67 bits per heavy atom. The number of para-hydroxylation sites is 1. The Bertz CT molecular complexity index is 835. The van der Waals surface area contributed by atoms with Gasteiger partial charge < -0.3 is 19.7 Å². The molecule has 0 aromatic heterocycles. The second-order valence-electron chi connectivity index (χ2n) is 8.31. The van der Waals surface area contributed by atoms with Crippen LogP contribution >= 0.6 is 0 Å². The lowest BCUT2D eigenvalue weighted by Gasteiger charge is -2.39. The third-order valence-corrected chi connectivity index (χ3v) is 8.27. The van der Waals surface area contributed by atoms with E-state index in [2.05, 4.69) is 15.2 Å². The average Bonchev–Trinajstić information content (AvgIpc) is 2.73. The number of guanidine groups is 1. The van der Waals surface area contributed by atoms with Crippen molar-refractivity contribution in [1.29, 1.82) is 0 Å². The zero-order chi connectivity index (χ0) is 21.6. The largest absolute Gasteiger partial charge is 0.492 e. The minimum atomic E-state index is -3.09. The molecule has 2 fully saturated rings. The number of rotatable bonds is 6. The summed E-state index contributed by atoms with van der Waals surface area (Å²) in [4.78, 5) is 8.73. The summed E-state index contributed by atoms with van der Waals surface area (Å²) in [6, 6.07) is 7.98. The molecular weight excluding hydrogens is 404 g/mol. The number of aliphatic imine (C=N–C) groups is 1. The van der Waals surface area contributed by atoms with Crippen molar-refractivity contribution in [2.75, 3.05) is 65.3 Å². The Morgan fingerprint density at radius 2 is 1.97 bits per heavy atom. The van der Waals surface area contributed by atoms with Crippen molar-refractivity contribution in [2.24, 2.45) is 4.99 Å². The van der Waals surface area contributed by atoms with E-state index < -0.39 is 14.6 Å². The quantitative estimate of drug-likeness (QED) is 0.524. The van der Waals surface area contributed by atoms with Crippen LogP contribution < -0.4 is 10.1 Å². The Labute approximate surface area is 180 Å². The molecule has 1 N–H and O–H groups in total. The molecule has 0 amide bonds. The fraction of sp³-hybridized carbons (Fsp3) is 0.667. The first-order valence-corrected chi connectivity index (χ1v) is 12.2. The fourth-order valence-electron chi connectivity index (χ4n) is 3.73. The van der Waals surface area contributed by atoms with E-state index >= 15 is 0 Å². The molecule has 30 heavy (non-hydrogen) atoms. The van der Waals surface area contributed by atoms with Crippen LogP contribution in [0.5, 0.6) is 5.75 Å². The van der Waals surface area contributed by atoms with Gasteiger partial charge in [-0.2, -0.15) is 0 Å². The van der Waals surface area contributed by atoms with Crippen LogP contribution in [0.1, 0.15) is 19.4 Å². The third kappa shape index (κ3) is 5.65. The normalized spacial score (nSPS) is 22.0. The number of nitrogens with zero attached hydrogens (tertiary/aromatic N) is 3. The summed E-state index contributed by atoms with van der Waals surface area (Å²) >= 11 is 0. The van der Waals surface area contributed by atoms with E-state index in [1.165, 1.54) is 0 Å². The number of hydrogen-bond acceptors (Lipinski definition) is 6. The zero-order valence-corrected chi connectivity index (χ0v) is 19.1. The molecule has 0 atom stereocenters. The molecule has 2 saturated heterocycles. The van der Waals surface area contributed by atoms with Crippen molar-refractivity contribution in [2.45, 2.75) is 25.1 Å². The van der Waals surface area contributed by atoms with Crippen LogP contribution in [0.25, 0.3) is 0 Å². The van der Waals surface area contributed by atoms with Gasteiger partial charge in [-0.3, -0.25) is 9.89 Å². The summed E-state index contributed by atoms with van der Waals surface area (Å²) in [5, 5.41) is 3.37. The van der Waals surface area contributed by atoms with E-state index in [1.807, 2.05) is 29.2 Å².